The highest BCUT2D eigenvalue weighted by atomic mass is 32.1. The van der Waals surface area contributed by atoms with Crippen LogP contribution in [0, 0.1) is 0 Å². The summed E-state index contributed by atoms with van der Waals surface area (Å²) >= 11 is 1.34. The lowest BCUT2D eigenvalue weighted by molar-refractivity contribution is -0.142. The van der Waals surface area contributed by atoms with Crippen LogP contribution in [0.25, 0.3) is 22.5 Å². The van der Waals surface area contributed by atoms with Gasteiger partial charge in [-0.25, -0.2) is 14.8 Å². The van der Waals surface area contributed by atoms with Gasteiger partial charge in [-0.3, -0.25) is 14.4 Å². The summed E-state index contributed by atoms with van der Waals surface area (Å²) in [6.07, 6.45) is 3.26. The lowest BCUT2D eigenvalue weighted by Gasteiger charge is -2.21. The first-order chi connectivity index (χ1) is 22.5. The van der Waals surface area contributed by atoms with Crippen molar-refractivity contribution in [3.05, 3.63) is 93.9 Å². The molecule has 0 radical (unpaired) electrons. The maximum Gasteiger partial charge on any atom is 0.326 e. The second-order valence-electron chi connectivity index (χ2n) is 13.9. The van der Waals surface area contributed by atoms with E-state index in [1.807, 2.05) is 51.1 Å². The summed E-state index contributed by atoms with van der Waals surface area (Å²) in [6, 6.07) is 16.8. The number of rotatable bonds is 12. The van der Waals surface area contributed by atoms with E-state index in [4.69, 9.17) is 5.73 Å². The van der Waals surface area contributed by atoms with Crippen LogP contribution in [-0.4, -0.2) is 50.8 Å². The molecule has 0 saturated carbocycles. The van der Waals surface area contributed by atoms with Gasteiger partial charge in [0.05, 0.1) is 4.88 Å². The fourth-order valence-corrected chi connectivity index (χ4v) is 5.90. The second-order valence-corrected chi connectivity index (χ2v) is 15.0. The molecule has 0 fully saturated rings. The van der Waals surface area contributed by atoms with E-state index in [-0.39, 0.29) is 30.1 Å². The predicted molar refractivity (Wildman–Crippen MR) is 188 cm³/mol. The Bertz CT molecular complexity index is 1750. The number of hydrogen-bond acceptors (Lipinski definition) is 7. The Kier molecular flexibility index (Phi) is 11.2. The van der Waals surface area contributed by atoms with Crippen LogP contribution in [0.5, 0.6) is 0 Å². The third kappa shape index (κ3) is 9.57. The molecule has 2 atom stereocenters. The Morgan fingerprint density at radius 2 is 1.38 bits per heavy atom. The molecule has 2 aromatic carbocycles. The van der Waals surface area contributed by atoms with Gasteiger partial charge in [0.15, 0.2) is 5.82 Å². The normalized spacial score (nSPS) is 13.0. The molecule has 10 nitrogen and oxygen atoms in total. The Morgan fingerprint density at radius 1 is 0.771 bits per heavy atom. The van der Waals surface area contributed by atoms with E-state index >= 15 is 0 Å². The van der Waals surface area contributed by atoms with Crippen molar-refractivity contribution in [2.45, 2.75) is 83.7 Å². The van der Waals surface area contributed by atoms with Crippen LogP contribution in [-0.2, 0) is 31.6 Å². The fraction of sp³-hybridized carbons (Fsp3) is 0.351. The lowest BCUT2D eigenvalue weighted by Crippen LogP contribution is -2.52. The number of benzene rings is 2. The average molecular weight is 670 g/mol. The number of hydrogen-bond donors (Lipinski definition) is 4. The van der Waals surface area contributed by atoms with Crippen LogP contribution >= 0.6 is 11.3 Å². The van der Waals surface area contributed by atoms with Gasteiger partial charge in [0.1, 0.15) is 12.1 Å². The summed E-state index contributed by atoms with van der Waals surface area (Å²) in [4.78, 5) is 60.4. The molecule has 2 heterocycles. The van der Waals surface area contributed by atoms with Crippen LogP contribution in [0.1, 0.15) is 80.1 Å². The standard InChI is InChI=1S/C37H43N5O5S/c1-36(2,3)26-13-11-23(12-14-26)25-20-39-32(40-21-25)24-9-7-22(8-10-24)19-28(33(44)41-27(35(46)47)15-18-31(38)43)42-34(45)29-16-17-30(48-29)37(4,5)6/h7-14,16-17,20-21,27-28H,15,18-19H2,1-6H3,(H2,38,43)(H,41,44)(H,42,45)(H,46,47)/t27-,28-/m0/s1. The first-order valence-corrected chi connectivity index (χ1v) is 16.6. The van der Waals surface area contributed by atoms with E-state index in [9.17, 15) is 24.3 Å². The van der Waals surface area contributed by atoms with Gasteiger partial charge in [-0.2, -0.15) is 0 Å². The molecule has 48 heavy (non-hydrogen) atoms. The minimum absolute atomic E-state index is 0.0632. The molecular weight excluding hydrogens is 627 g/mol. The summed E-state index contributed by atoms with van der Waals surface area (Å²) in [5.74, 6) is -2.59. The third-order valence-corrected chi connectivity index (χ3v) is 9.38. The van der Waals surface area contributed by atoms with Crippen LogP contribution in [0.15, 0.2) is 73.1 Å². The SMILES string of the molecule is CC(C)(C)c1ccc(-c2cnc(-c3ccc(C[C@H](NC(=O)c4ccc(C(C)(C)C)s4)C(=O)N[C@@H](CCC(N)=O)C(=O)O)cc3)nc2)cc1. The Morgan fingerprint density at radius 3 is 1.90 bits per heavy atom. The van der Waals surface area contributed by atoms with Crippen molar-refractivity contribution in [3.8, 4) is 22.5 Å². The zero-order valence-electron chi connectivity index (χ0n) is 28.2. The molecule has 3 amide bonds. The predicted octanol–water partition coefficient (Wildman–Crippen LogP) is 5.64. The summed E-state index contributed by atoms with van der Waals surface area (Å²) in [7, 11) is 0. The first kappa shape index (κ1) is 35.9. The summed E-state index contributed by atoms with van der Waals surface area (Å²) in [5.41, 5.74) is 9.76. The van der Waals surface area contributed by atoms with Gasteiger partial charge in [0.25, 0.3) is 5.91 Å². The number of carbonyl (C=O) groups is 4. The maximum absolute atomic E-state index is 13.4. The minimum atomic E-state index is -1.35. The van der Waals surface area contributed by atoms with E-state index < -0.39 is 35.8 Å². The van der Waals surface area contributed by atoms with Crippen molar-refractivity contribution >= 4 is 35.0 Å². The number of nitrogens with two attached hydrogens (primary N) is 1. The maximum atomic E-state index is 13.4. The van der Waals surface area contributed by atoms with Crippen molar-refractivity contribution in [2.24, 2.45) is 5.73 Å². The van der Waals surface area contributed by atoms with Gasteiger partial charge in [0, 0.05) is 41.2 Å². The number of primary amides is 1. The molecule has 0 aliphatic heterocycles. The van der Waals surface area contributed by atoms with Gasteiger partial charge in [-0.15, -0.1) is 11.3 Å². The van der Waals surface area contributed by atoms with Crippen molar-refractivity contribution in [2.75, 3.05) is 0 Å². The third-order valence-electron chi connectivity index (χ3n) is 7.87. The molecule has 2 aromatic heterocycles. The summed E-state index contributed by atoms with van der Waals surface area (Å²) in [5, 5.41) is 14.9. The number of nitrogens with one attached hydrogen (secondary N) is 2. The number of nitrogens with zero attached hydrogens (tertiary/aromatic N) is 2. The summed E-state index contributed by atoms with van der Waals surface area (Å²) < 4.78 is 0. The van der Waals surface area contributed by atoms with Crippen LogP contribution in [0.3, 0.4) is 0 Å². The highest BCUT2D eigenvalue weighted by Gasteiger charge is 2.28. The van der Waals surface area contributed by atoms with Gasteiger partial charge < -0.3 is 21.5 Å². The lowest BCUT2D eigenvalue weighted by atomic mass is 9.86. The van der Waals surface area contributed by atoms with Crippen molar-refractivity contribution in [3.63, 3.8) is 0 Å². The van der Waals surface area contributed by atoms with Crippen molar-refractivity contribution in [1.82, 2.24) is 20.6 Å². The molecule has 0 aliphatic carbocycles. The summed E-state index contributed by atoms with van der Waals surface area (Å²) in [6.45, 7) is 12.7. The Labute approximate surface area is 285 Å². The largest absolute Gasteiger partial charge is 0.480 e. The zero-order chi connectivity index (χ0) is 35.2. The molecular formula is C37H43N5O5S. The molecule has 5 N–H and O–H groups in total. The number of aromatic nitrogens is 2. The number of carbonyl (C=O) groups excluding carboxylic acids is 3. The fourth-order valence-electron chi connectivity index (χ4n) is 4.93. The molecule has 0 spiro atoms. The smallest absolute Gasteiger partial charge is 0.326 e. The highest BCUT2D eigenvalue weighted by Crippen LogP contribution is 2.30. The minimum Gasteiger partial charge on any atom is -0.480 e. The molecule has 4 rings (SSSR count). The Balaban J connectivity index is 1.51. The van der Waals surface area contributed by atoms with Gasteiger partial charge >= 0.3 is 5.97 Å². The molecule has 252 valence electrons. The zero-order valence-corrected chi connectivity index (χ0v) is 29.0. The number of thiophene rings is 1. The molecule has 4 aromatic rings. The molecule has 11 heteroatoms. The van der Waals surface area contributed by atoms with Crippen LogP contribution in [0.2, 0.25) is 0 Å². The number of amides is 3. The van der Waals surface area contributed by atoms with Gasteiger partial charge in [0.2, 0.25) is 11.8 Å². The van der Waals surface area contributed by atoms with E-state index in [1.165, 1.54) is 16.9 Å². The quantitative estimate of drug-likeness (QED) is 0.152. The van der Waals surface area contributed by atoms with Crippen molar-refractivity contribution in [1.29, 1.82) is 0 Å². The second kappa shape index (κ2) is 14.9. The number of aliphatic carboxylic acids is 1. The number of carboxylic acid groups (broad SMARTS) is 1. The van der Waals surface area contributed by atoms with E-state index in [0.717, 1.165) is 27.1 Å². The van der Waals surface area contributed by atoms with Crippen molar-refractivity contribution < 1.29 is 24.3 Å². The topological polar surface area (TPSA) is 164 Å². The first-order valence-electron chi connectivity index (χ1n) is 15.8. The molecule has 0 saturated heterocycles. The van der Waals surface area contributed by atoms with Gasteiger partial charge in [-0.05, 0) is 46.1 Å². The van der Waals surface area contributed by atoms with Gasteiger partial charge in [-0.1, -0.05) is 90.1 Å². The van der Waals surface area contributed by atoms with Crippen LogP contribution in [0.4, 0.5) is 0 Å². The van der Waals surface area contributed by atoms with Crippen LogP contribution < -0.4 is 16.4 Å². The average Bonchev–Trinajstić information content (AvgIpc) is 3.54. The highest BCUT2D eigenvalue weighted by molar-refractivity contribution is 7.14. The monoisotopic (exact) mass is 669 g/mol. The molecule has 0 aliphatic rings. The van der Waals surface area contributed by atoms with E-state index in [2.05, 4.69) is 65.6 Å². The van der Waals surface area contributed by atoms with E-state index in [0.29, 0.717) is 10.7 Å². The van der Waals surface area contributed by atoms with E-state index in [1.54, 1.807) is 18.5 Å². The number of carboxylic acids is 1. The molecule has 0 bridgehead atoms. The molecule has 0 unspecified atom stereocenters. The Hall–Kier alpha value is -4.90.